The van der Waals surface area contributed by atoms with Crippen molar-refractivity contribution in [3.63, 3.8) is 0 Å². The monoisotopic (exact) mass is 419 g/mol. The van der Waals surface area contributed by atoms with Crippen molar-refractivity contribution in [3.8, 4) is 0 Å². The van der Waals surface area contributed by atoms with Crippen LogP contribution >= 0.6 is 0 Å². The first-order chi connectivity index (χ1) is 14.2. The van der Waals surface area contributed by atoms with Crippen molar-refractivity contribution in [2.75, 3.05) is 31.1 Å². The van der Waals surface area contributed by atoms with Crippen LogP contribution in [-0.4, -0.2) is 38.1 Å². The van der Waals surface area contributed by atoms with Gasteiger partial charge in [-0.3, -0.25) is 0 Å². The van der Waals surface area contributed by atoms with Crippen molar-refractivity contribution in [2.45, 2.75) is 34.6 Å². The van der Waals surface area contributed by atoms with Crippen LogP contribution in [0.3, 0.4) is 0 Å². The fourth-order valence-electron chi connectivity index (χ4n) is 2.57. The van der Waals surface area contributed by atoms with Gasteiger partial charge >= 0.3 is 17.6 Å². The highest BCUT2D eigenvalue weighted by Gasteiger charge is 2.23. The van der Waals surface area contributed by atoms with Crippen LogP contribution in [0.4, 0.5) is 5.69 Å². The minimum absolute atomic E-state index is 0.162. The molecule has 0 fully saturated rings. The molecule has 2 N–H and O–H groups in total. The van der Waals surface area contributed by atoms with E-state index in [-0.39, 0.29) is 18.7 Å². The van der Waals surface area contributed by atoms with E-state index in [0.717, 1.165) is 18.8 Å². The quantitative estimate of drug-likeness (QED) is 0.360. The molecule has 0 radical (unpaired) electrons. The summed E-state index contributed by atoms with van der Waals surface area (Å²) in [5.74, 6) is -1.26. The maximum absolute atomic E-state index is 12.2. The number of fused-ring (bicyclic) bond motifs is 1. The van der Waals surface area contributed by atoms with Crippen LogP contribution in [-0.2, 0) is 14.5 Å². The third-order valence-electron chi connectivity index (χ3n) is 4.34. The topological polar surface area (TPSA) is 110 Å². The van der Waals surface area contributed by atoms with Crippen molar-refractivity contribution < 1.29 is 23.7 Å². The Balaban J connectivity index is 1.93. The Labute approximate surface area is 175 Å². The Morgan fingerprint density at radius 1 is 1.03 bits per heavy atom. The van der Waals surface area contributed by atoms with Gasteiger partial charge in [-0.1, -0.05) is 0 Å². The number of hydroxylamine groups is 2. The molecule has 0 spiro atoms. The first kappa shape index (κ1) is 23.4. The summed E-state index contributed by atoms with van der Waals surface area (Å²) < 4.78 is 5.32. The van der Waals surface area contributed by atoms with Crippen molar-refractivity contribution in [2.24, 2.45) is 5.41 Å². The second-order valence-corrected chi connectivity index (χ2v) is 7.66. The van der Waals surface area contributed by atoms with Crippen molar-refractivity contribution in [3.05, 3.63) is 40.2 Å². The van der Waals surface area contributed by atoms with Gasteiger partial charge in [0.05, 0.1) is 5.41 Å². The van der Waals surface area contributed by atoms with Gasteiger partial charge in [-0.15, -0.1) is 0 Å². The summed E-state index contributed by atoms with van der Waals surface area (Å²) in [6, 6.07) is 6.93. The largest absolute Gasteiger partial charge is 0.422 e. The summed E-state index contributed by atoms with van der Waals surface area (Å²) in [6.07, 6.45) is 0. The van der Waals surface area contributed by atoms with E-state index in [9.17, 15) is 14.4 Å². The predicted octanol–water partition coefficient (Wildman–Crippen LogP) is 2.39. The average molecular weight is 419 g/mol. The highest BCUT2D eigenvalue weighted by molar-refractivity contribution is 5.93. The molecule has 0 aliphatic rings. The van der Waals surface area contributed by atoms with E-state index >= 15 is 0 Å². The smallest absolute Gasteiger partial charge is 0.364 e. The molecule has 2 rings (SSSR count). The summed E-state index contributed by atoms with van der Waals surface area (Å²) in [5, 5.41) is 0.619. The summed E-state index contributed by atoms with van der Waals surface area (Å²) >= 11 is 0. The Morgan fingerprint density at radius 3 is 2.27 bits per heavy atom. The molecule has 0 atom stereocenters. The molecule has 30 heavy (non-hydrogen) atoms. The molecule has 164 valence electrons. The molecule has 9 nitrogen and oxygen atoms in total. The van der Waals surface area contributed by atoms with Gasteiger partial charge in [-0.05, 0) is 52.8 Å². The minimum atomic E-state index is -0.856. The predicted molar refractivity (Wildman–Crippen MR) is 113 cm³/mol. The number of carbonyl (C=O) groups is 2. The van der Waals surface area contributed by atoms with Crippen LogP contribution in [0.15, 0.2) is 33.5 Å². The average Bonchev–Trinajstić information content (AvgIpc) is 2.69. The number of carbonyl (C=O) groups excluding carboxylic acids is 2. The number of hydrogen-bond acceptors (Lipinski definition) is 9. The van der Waals surface area contributed by atoms with E-state index in [1.807, 2.05) is 19.9 Å². The van der Waals surface area contributed by atoms with Crippen LogP contribution in [0.2, 0.25) is 0 Å². The van der Waals surface area contributed by atoms with E-state index in [0.29, 0.717) is 11.0 Å². The zero-order valence-electron chi connectivity index (χ0n) is 18.0. The van der Waals surface area contributed by atoms with Gasteiger partial charge in [0.2, 0.25) is 0 Å². The Bertz CT molecular complexity index is 944. The SMILES string of the molecule is CCN(CC)c1ccc2cc(C(=O)ONCCNOC(=O)C(C)(C)C)c(=O)oc2c1. The van der Waals surface area contributed by atoms with Crippen LogP contribution in [0.25, 0.3) is 11.0 Å². The van der Waals surface area contributed by atoms with Crippen LogP contribution in [0.5, 0.6) is 0 Å². The summed E-state index contributed by atoms with van der Waals surface area (Å²) in [4.78, 5) is 47.9. The van der Waals surface area contributed by atoms with Gasteiger partial charge < -0.3 is 19.0 Å². The molecule has 0 saturated carbocycles. The van der Waals surface area contributed by atoms with Crippen molar-refractivity contribution in [1.82, 2.24) is 11.0 Å². The first-order valence-corrected chi connectivity index (χ1v) is 9.88. The second kappa shape index (κ2) is 10.2. The molecule has 0 amide bonds. The number of hydrogen-bond donors (Lipinski definition) is 2. The third kappa shape index (κ3) is 6.04. The molecule has 0 aliphatic carbocycles. The second-order valence-electron chi connectivity index (χ2n) is 7.66. The normalized spacial score (nSPS) is 11.4. The van der Waals surface area contributed by atoms with Gasteiger partial charge in [-0.25, -0.2) is 14.4 Å². The Hall–Kier alpha value is -2.91. The highest BCUT2D eigenvalue weighted by Crippen LogP contribution is 2.22. The molecule has 0 unspecified atom stereocenters. The minimum Gasteiger partial charge on any atom is -0.422 e. The van der Waals surface area contributed by atoms with E-state index < -0.39 is 23.0 Å². The fourth-order valence-corrected chi connectivity index (χ4v) is 2.57. The van der Waals surface area contributed by atoms with Crippen molar-refractivity contribution >= 4 is 28.6 Å². The van der Waals surface area contributed by atoms with Gasteiger partial charge in [0, 0.05) is 43.3 Å². The molecule has 1 aromatic carbocycles. The van der Waals surface area contributed by atoms with E-state index in [1.165, 1.54) is 6.07 Å². The number of nitrogens with zero attached hydrogens (tertiary/aromatic N) is 1. The van der Waals surface area contributed by atoms with E-state index in [1.54, 1.807) is 32.9 Å². The zero-order valence-corrected chi connectivity index (χ0v) is 18.0. The highest BCUT2D eigenvalue weighted by atomic mass is 16.7. The van der Waals surface area contributed by atoms with Gasteiger partial charge in [-0.2, -0.15) is 11.0 Å². The van der Waals surface area contributed by atoms with Gasteiger partial charge in [0.25, 0.3) is 0 Å². The molecule has 1 aromatic heterocycles. The maximum atomic E-state index is 12.2. The maximum Gasteiger partial charge on any atom is 0.364 e. The molecule has 1 heterocycles. The lowest BCUT2D eigenvalue weighted by Crippen LogP contribution is -2.34. The molecule has 0 aliphatic heterocycles. The molecule has 0 saturated heterocycles. The van der Waals surface area contributed by atoms with Gasteiger partial charge in [0.1, 0.15) is 11.1 Å². The molecular formula is C21H29N3O6. The van der Waals surface area contributed by atoms with Crippen LogP contribution in [0.1, 0.15) is 45.0 Å². The molecule has 9 heteroatoms. The number of rotatable bonds is 9. The van der Waals surface area contributed by atoms with E-state index in [2.05, 4.69) is 15.9 Å². The van der Waals surface area contributed by atoms with Crippen molar-refractivity contribution in [1.29, 1.82) is 0 Å². The lowest BCUT2D eigenvalue weighted by atomic mass is 9.98. The molecular weight excluding hydrogens is 390 g/mol. The van der Waals surface area contributed by atoms with E-state index in [4.69, 9.17) is 14.1 Å². The Kier molecular flexibility index (Phi) is 7.96. The number of anilines is 1. The van der Waals surface area contributed by atoms with Gasteiger partial charge in [0.15, 0.2) is 0 Å². The standard InChI is InChI=1S/C21H29N3O6/c1-6-24(7-2)15-9-8-14-12-16(18(25)28-17(14)13-15)19(26)29-22-10-11-23-30-20(27)21(3,4)5/h8-9,12-13,22-23H,6-7,10-11H2,1-5H3. The summed E-state index contributed by atoms with van der Waals surface area (Å²) in [6.45, 7) is 11.3. The fraction of sp³-hybridized carbons (Fsp3) is 0.476. The number of benzene rings is 1. The lowest BCUT2D eigenvalue weighted by Gasteiger charge is -2.20. The summed E-state index contributed by atoms with van der Waals surface area (Å²) in [7, 11) is 0. The zero-order chi connectivity index (χ0) is 22.3. The van der Waals surface area contributed by atoms with Crippen LogP contribution < -0.4 is 21.5 Å². The molecule has 0 bridgehead atoms. The third-order valence-corrected chi connectivity index (χ3v) is 4.34. The van der Waals surface area contributed by atoms with Crippen LogP contribution in [0, 0.1) is 5.41 Å². The number of nitrogens with one attached hydrogen (secondary N) is 2. The lowest BCUT2D eigenvalue weighted by molar-refractivity contribution is -0.160. The summed E-state index contributed by atoms with van der Waals surface area (Å²) in [5.41, 5.74) is 4.63. The first-order valence-electron chi connectivity index (χ1n) is 9.88. The Morgan fingerprint density at radius 2 is 1.67 bits per heavy atom. The molecule has 2 aromatic rings.